The maximum Gasteiger partial charge on any atom is 0.337 e. The first-order valence-corrected chi connectivity index (χ1v) is 8.20. The molecule has 1 fully saturated rings. The molecule has 1 heterocycles. The summed E-state index contributed by atoms with van der Waals surface area (Å²) in [5.74, 6) is -0.833. The number of hydrogen-bond acceptors (Lipinski definition) is 5. The lowest BCUT2D eigenvalue weighted by Gasteiger charge is -2.12. The maximum absolute atomic E-state index is 11.9. The lowest BCUT2D eigenvalue weighted by molar-refractivity contribution is -0.197. The molecule has 0 aromatic heterocycles. The van der Waals surface area contributed by atoms with Crippen LogP contribution in [-0.4, -0.2) is 30.0 Å². The summed E-state index contributed by atoms with van der Waals surface area (Å²) in [7, 11) is 1.60. The van der Waals surface area contributed by atoms with E-state index < -0.39 is 17.8 Å². The maximum atomic E-state index is 11.9. The van der Waals surface area contributed by atoms with E-state index in [1.54, 1.807) is 13.2 Å². The van der Waals surface area contributed by atoms with Crippen molar-refractivity contribution in [1.82, 2.24) is 5.06 Å². The van der Waals surface area contributed by atoms with Crippen LogP contribution in [0.3, 0.4) is 0 Å². The Balaban J connectivity index is 0.00000109. The highest BCUT2D eigenvalue weighted by atomic mass is 16.7. The molecule has 25 heavy (non-hydrogen) atoms. The Morgan fingerprint density at radius 3 is 2.24 bits per heavy atom. The van der Waals surface area contributed by atoms with Crippen LogP contribution in [0.1, 0.15) is 32.3 Å². The summed E-state index contributed by atoms with van der Waals surface area (Å²) in [6.07, 6.45) is 0.160. The number of fused-ring (bicyclic) bond motifs is 1. The lowest BCUT2D eigenvalue weighted by Crippen LogP contribution is -2.32. The van der Waals surface area contributed by atoms with E-state index in [4.69, 9.17) is 9.57 Å². The van der Waals surface area contributed by atoms with Crippen LogP contribution in [0, 0.1) is 0 Å². The second kappa shape index (κ2) is 8.28. The van der Waals surface area contributed by atoms with Gasteiger partial charge in [-0.25, -0.2) is 4.79 Å². The highest BCUT2D eigenvalue weighted by Crippen LogP contribution is 2.22. The molecule has 0 atom stereocenters. The summed E-state index contributed by atoms with van der Waals surface area (Å²) in [4.78, 5) is 39.6. The van der Waals surface area contributed by atoms with Gasteiger partial charge < -0.3 is 9.57 Å². The van der Waals surface area contributed by atoms with Gasteiger partial charge in [-0.1, -0.05) is 38.1 Å². The third-order valence-corrected chi connectivity index (χ3v) is 3.66. The molecule has 0 spiro atoms. The van der Waals surface area contributed by atoms with Crippen LogP contribution in [0.5, 0.6) is 5.75 Å². The summed E-state index contributed by atoms with van der Waals surface area (Å²) in [6.45, 7) is 4.00. The van der Waals surface area contributed by atoms with Gasteiger partial charge in [-0.2, -0.15) is 0 Å². The van der Waals surface area contributed by atoms with Gasteiger partial charge in [-0.05, 0) is 28.5 Å². The molecule has 132 valence electrons. The zero-order valence-electron chi connectivity index (χ0n) is 14.6. The fraction of sp³-hybridized carbons (Fsp3) is 0.316. The number of ether oxygens (including phenoxy) is 1. The van der Waals surface area contributed by atoms with E-state index in [1.807, 2.05) is 44.2 Å². The first-order valence-electron chi connectivity index (χ1n) is 8.20. The fourth-order valence-electron chi connectivity index (χ4n) is 2.47. The molecular formula is C19H21NO5. The molecule has 0 unspecified atom stereocenters. The molecule has 1 aliphatic heterocycles. The van der Waals surface area contributed by atoms with Crippen molar-refractivity contribution in [2.75, 3.05) is 7.11 Å². The van der Waals surface area contributed by atoms with Crippen molar-refractivity contribution >= 4 is 28.6 Å². The fourth-order valence-corrected chi connectivity index (χ4v) is 2.47. The molecule has 2 aromatic rings. The Hall–Kier alpha value is -2.89. The second-order valence-electron chi connectivity index (χ2n) is 5.27. The normalized spacial score (nSPS) is 13.5. The SMILES string of the molecule is CC.COc1ccc2cc(CC(=O)ON3C(=O)CCC3=O)ccc2c1. The molecule has 6 heteroatoms. The molecule has 0 aliphatic carbocycles. The third kappa shape index (κ3) is 4.35. The number of methoxy groups -OCH3 is 1. The molecule has 1 saturated heterocycles. The zero-order valence-corrected chi connectivity index (χ0v) is 14.6. The Morgan fingerprint density at radius 1 is 1.00 bits per heavy atom. The first-order chi connectivity index (χ1) is 12.1. The van der Waals surface area contributed by atoms with E-state index in [-0.39, 0.29) is 19.3 Å². The highest BCUT2D eigenvalue weighted by molar-refractivity contribution is 6.01. The van der Waals surface area contributed by atoms with Crippen molar-refractivity contribution in [2.24, 2.45) is 0 Å². The van der Waals surface area contributed by atoms with Crippen molar-refractivity contribution in [3.63, 3.8) is 0 Å². The van der Waals surface area contributed by atoms with Crippen molar-refractivity contribution < 1.29 is 24.0 Å². The number of hydroxylamine groups is 2. The molecule has 0 radical (unpaired) electrons. The molecule has 6 nitrogen and oxygen atoms in total. The van der Waals surface area contributed by atoms with Crippen LogP contribution >= 0.6 is 0 Å². The lowest BCUT2D eigenvalue weighted by atomic mass is 10.0. The molecule has 3 rings (SSSR count). The predicted molar refractivity (Wildman–Crippen MR) is 92.7 cm³/mol. The quantitative estimate of drug-likeness (QED) is 0.798. The summed E-state index contributed by atoms with van der Waals surface area (Å²) < 4.78 is 5.17. The smallest absolute Gasteiger partial charge is 0.337 e. The minimum atomic E-state index is -0.638. The standard InChI is InChI=1S/C17H15NO5.C2H6/c1-22-14-5-4-12-8-11(2-3-13(12)10-14)9-17(21)23-18-15(19)6-7-16(18)20;1-2/h2-5,8,10H,6-7,9H2,1H3;1-2H3. The number of hydrogen-bond donors (Lipinski definition) is 0. The average Bonchev–Trinajstić information content (AvgIpc) is 2.95. The van der Waals surface area contributed by atoms with Crippen molar-refractivity contribution in [2.45, 2.75) is 33.1 Å². The number of benzene rings is 2. The summed E-state index contributed by atoms with van der Waals surface area (Å²) in [5, 5.41) is 2.52. The topological polar surface area (TPSA) is 72.9 Å². The third-order valence-electron chi connectivity index (χ3n) is 3.66. The van der Waals surface area contributed by atoms with Gasteiger partial charge in [-0.15, -0.1) is 5.06 Å². The summed E-state index contributed by atoms with van der Waals surface area (Å²) >= 11 is 0. The number of amides is 2. The number of carbonyl (C=O) groups is 3. The summed E-state index contributed by atoms with van der Waals surface area (Å²) in [5.41, 5.74) is 0.742. The number of nitrogens with zero attached hydrogens (tertiary/aromatic N) is 1. The zero-order chi connectivity index (χ0) is 18.4. The van der Waals surface area contributed by atoms with Crippen LogP contribution in [0.15, 0.2) is 36.4 Å². The van der Waals surface area contributed by atoms with Crippen LogP contribution in [0.2, 0.25) is 0 Å². The largest absolute Gasteiger partial charge is 0.497 e. The van der Waals surface area contributed by atoms with E-state index in [2.05, 4.69) is 0 Å². The van der Waals surface area contributed by atoms with E-state index >= 15 is 0 Å². The Labute approximate surface area is 146 Å². The Morgan fingerprint density at radius 2 is 1.60 bits per heavy atom. The monoisotopic (exact) mass is 343 g/mol. The Kier molecular flexibility index (Phi) is 6.11. The van der Waals surface area contributed by atoms with Gasteiger partial charge in [-0.3, -0.25) is 9.59 Å². The minimum Gasteiger partial charge on any atom is -0.497 e. The molecule has 0 saturated carbocycles. The van der Waals surface area contributed by atoms with Gasteiger partial charge in [0.1, 0.15) is 5.75 Å². The average molecular weight is 343 g/mol. The number of carbonyl (C=O) groups excluding carboxylic acids is 3. The van der Waals surface area contributed by atoms with Crippen LogP contribution in [0.4, 0.5) is 0 Å². The first kappa shape index (κ1) is 18.4. The van der Waals surface area contributed by atoms with Crippen LogP contribution in [-0.2, 0) is 25.6 Å². The molecule has 2 amide bonds. The summed E-state index contributed by atoms with van der Waals surface area (Å²) in [6, 6.07) is 11.2. The Bertz CT molecular complexity index is 784. The van der Waals surface area contributed by atoms with E-state index in [0.717, 1.165) is 22.1 Å². The predicted octanol–water partition coefficient (Wildman–Crippen LogP) is 3.02. The van der Waals surface area contributed by atoms with Crippen LogP contribution in [0.25, 0.3) is 10.8 Å². The van der Waals surface area contributed by atoms with Crippen molar-refractivity contribution in [3.05, 3.63) is 42.0 Å². The van der Waals surface area contributed by atoms with Gasteiger partial charge in [0.15, 0.2) is 0 Å². The molecular weight excluding hydrogens is 322 g/mol. The van der Waals surface area contributed by atoms with Gasteiger partial charge in [0.2, 0.25) is 0 Å². The highest BCUT2D eigenvalue weighted by Gasteiger charge is 2.32. The number of imide groups is 1. The molecule has 0 N–H and O–H groups in total. The van der Waals surface area contributed by atoms with Gasteiger partial charge >= 0.3 is 5.97 Å². The molecule has 0 bridgehead atoms. The number of rotatable bonds is 4. The minimum absolute atomic E-state index is 0.0149. The van der Waals surface area contributed by atoms with Gasteiger partial charge in [0, 0.05) is 12.8 Å². The molecule has 1 aliphatic rings. The van der Waals surface area contributed by atoms with Crippen molar-refractivity contribution in [3.8, 4) is 5.75 Å². The van der Waals surface area contributed by atoms with E-state index in [0.29, 0.717) is 5.06 Å². The second-order valence-corrected chi connectivity index (χ2v) is 5.27. The van der Waals surface area contributed by atoms with Gasteiger partial charge in [0.25, 0.3) is 11.8 Å². The van der Waals surface area contributed by atoms with Crippen LogP contribution < -0.4 is 4.74 Å². The van der Waals surface area contributed by atoms with E-state index in [1.165, 1.54) is 0 Å². The van der Waals surface area contributed by atoms with Gasteiger partial charge in [0.05, 0.1) is 13.5 Å². The van der Waals surface area contributed by atoms with E-state index in [9.17, 15) is 14.4 Å². The molecule has 2 aromatic carbocycles. The van der Waals surface area contributed by atoms with Crippen molar-refractivity contribution in [1.29, 1.82) is 0 Å².